The van der Waals surface area contributed by atoms with Crippen molar-refractivity contribution in [3.05, 3.63) is 22.8 Å². The zero-order valence-electron chi connectivity index (χ0n) is 22.3. The number of carbonyl (C=O) groups excluding carboxylic acids is 2. The van der Waals surface area contributed by atoms with Gasteiger partial charge in [0, 0.05) is 29.1 Å². The average molecular weight is 497 g/mol. The summed E-state index contributed by atoms with van der Waals surface area (Å²) in [5.41, 5.74) is 1.23. The molecule has 0 aromatic carbocycles. The van der Waals surface area contributed by atoms with Crippen molar-refractivity contribution in [2.24, 2.45) is 58.7 Å². The van der Waals surface area contributed by atoms with Crippen LogP contribution in [0.1, 0.15) is 67.2 Å². The van der Waals surface area contributed by atoms with Crippen LogP contribution >= 0.6 is 0 Å². The second kappa shape index (κ2) is 6.85. The van der Waals surface area contributed by atoms with Gasteiger partial charge in [-0.2, -0.15) is 0 Å². The van der Waals surface area contributed by atoms with E-state index in [1.807, 2.05) is 27.7 Å². The quantitative estimate of drug-likeness (QED) is 0.391. The molecule has 0 radical (unpaired) electrons. The smallest absolute Gasteiger partial charge is 0.309 e. The Morgan fingerprint density at radius 1 is 0.889 bits per heavy atom. The van der Waals surface area contributed by atoms with Gasteiger partial charge < -0.3 is 19.7 Å². The van der Waals surface area contributed by atoms with Crippen LogP contribution in [0.25, 0.3) is 0 Å². The number of carbonyl (C=O) groups is 2. The molecule has 196 valence electrons. The molecule has 0 amide bonds. The molecule has 5 fully saturated rings. The van der Waals surface area contributed by atoms with Crippen LogP contribution < -0.4 is 0 Å². The molecular weight excluding hydrogens is 456 g/mol. The van der Waals surface area contributed by atoms with E-state index in [4.69, 9.17) is 9.47 Å². The van der Waals surface area contributed by atoms with Gasteiger partial charge >= 0.3 is 11.9 Å². The van der Waals surface area contributed by atoms with Gasteiger partial charge in [-0.1, -0.05) is 31.1 Å². The highest BCUT2D eigenvalue weighted by atomic mass is 16.6. The van der Waals surface area contributed by atoms with Crippen LogP contribution in [0.4, 0.5) is 0 Å². The maximum atomic E-state index is 13.0. The van der Waals surface area contributed by atoms with E-state index in [0.717, 1.165) is 18.4 Å². The van der Waals surface area contributed by atoms with E-state index in [1.54, 1.807) is 0 Å². The summed E-state index contributed by atoms with van der Waals surface area (Å²) in [6.07, 6.45) is 4.59. The van der Waals surface area contributed by atoms with Gasteiger partial charge in [0.05, 0.1) is 23.0 Å². The number of hydrogen-bond donors (Lipinski definition) is 2. The SMILES string of the molecule is CC1=CC2[C@H]3[C@H](C(C)=C4[C@H]5OC(=O)[C@H](C)[C@@H]5CC[C@@](C)(O)[C@@H]43)[C@]13[C@@H]2[C@@](C)(O)CC[C@H]1[C@H](C)C(=O)O[C@@H]13. The zero-order chi connectivity index (χ0) is 25.7. The Labute approximate surface area is 213 Å². The minimum atomic E-state index is -0.931. The van der Waals surface area contributed by atoms with Crippen LogP contribution in [-0.2, 0) is 19.1 Å². The molecule has 2 N–H and O–H groups in total. The van der Waals surface area contributed by atoms with Crippen molar-refractivity contribution in [1.29, 1.82) is 0 Å². The van der Waals surface area contributed by atoms with Gasteiger partial charge in [-0.25, -0.2) is 0 Å². The van der Waals surface area contributed by atoms with Gasteiger partial charge in [0.25, 0.3) is 0 Å². The van der Waals surface area contributed by atoms with E-state index in [2.05, 4.69) is 19.9 Å². The lowest BCUT2D eigenvalue weighted by Gasteiger charge is -2.47. The van der Waals surface area contributed by atoms with Crippen molar-refractivity contribution in [2.75, 3.05) is 0 Å². The Hall–Kier alpha value is -1.66. The molecule has 14 atom stereocenters. The Bertz CT molecular complexity index is 1130. The second-order valence-electron chi connectivity index (χ2n) is 13.9. The molecule has 1 unspecified atom stereocenters. The maximum Gasteiger partial charge on any atom is 0.309 e. The fourth-order valence-corrected chi connectivity index (χ4v) is 11.0. The minimum absolute atomic E-state index is 0.0486. The van der Waals surface area contributed by atoms with Crippen LogP contribution in [0.5, 0.6) is 0 Å². The molecule has 7 aliphatic rings. The summed E-state index contributed by atoms with van der Waals surface area (Å²) in [6.45, 7) is 12.2. The number of allylic oxidation sites excluding steroid dienone is 2. The fourth-order valence-electron chi connectivity index (χ4n) is 11.0. The van der Waals surface area contributed by atoms with Crippen molar-refractivity contribution in [3.63, 3.8) is 0 Å². The van der Waals surface area contributed by atoms with Crippen molar-refractivity contribution in [2.45, 2.75) is 90.6 Å². The predicted octanol–water partition coefficient (Wildman–Crippen LogP) is 3.80. The lowest BCUT2D eigenvalue weighted by molar-refractivity contribution is -0.153. The summed E-state index contributed by atoms with van der Waals surface area (Å²) in [6, 6.07) is 0. The van der Waals surface area contributed by atoms with E-state index in [9.17, 15) is 19.8 Å². The molecule has 0 spiro atoms. The first-order valence-corrected chi connectivity index (χ1v) is 14.1. The van der Waals surface area contributed by atoms with E-state index in [-0.39, 0.29) is 77.4 Å². The molecule has 2 bridgehead atoms. The van der Waals surface area contributed by atoms with Gasteiger partial charge in [0.1, 0.15) is 12.2 Å². The third-order valence-electron chi connectivity index (χ3n) is 12.4. The highest BCUT2D eigenvalue weighted by molar-refractivity contribution is 5.76. The lowest BCUT2D eigenvalue weighted by Crippen LogP contribution is -2.51. The first kappa shape index (κ1) is 23.5. The molecule has 5 aliphatic carbocycles. The number of hydrogen-bond acceptors (Lipinski definition) is 6. The fraction of sp³-hybridized carbons (Fsp3) is 0.800. The summed E-state index contributed by atoms with van der Waals surface area (Å²) in [5.74, 6) is -0.460. The van der Waals surface area contributed by atoms with Gasteiger partial charge in [-0.3, -0.25) is 9.59 Å². The van der Waals surface area contributed by atoms with Crippen molar-refractivity contribution in [3.8, 4) is 0 Å². The van der Waals surface area contributed by atoms with Crippen molar-refractivity contribution >= 4 is 11.9 Å². The van der Waals surface area contributed by atoms with Crippen molar-refractivity contribution in [1.82, 2.24) is 0 Å². The Morgan fingerprint density at radius 2 is 1.50 bits per heavy atom. The van der Waals surface area contributed by atoms with Gasteiger partial charge in [0.15, 0.2) is 0 Å². The maximum absolute atomic E-state index is 13.0. The van der Waals surface area contributed by atoms with E-state index >= 15 is 0 Å². The number of rotatable bonds is 0. The minimum Gasteiger partial charge on any atom is -0.461 e. The molecule has 2 aliphatic heterocycles. The predicted molar refractivity (Wildman–Crippen MR) is 131 cm³/mol. The molecule has 2 heterocycles. The van der Waals surface area contributed by atoms with Crippen LogP contribution in [0.3, 0.4) is 0 Å². The summed E-state index contributed by atoms with van der Waals surface area (Å²) in [4.78, 5) is 25.7. The molecular formula is C30H40O6. The molecule has 0 aromatic heterocycles. The standard InChI is InChI=1S/C30H40O6/c1-12-11-18-20-21(30(12)24(18)29(6,34)10-8-17-14(3)27(32)36-25(17)30)15(4)19-22(20)28(5,33)9-7-16-13(2)26(31)35-23(16)19/h11,13-14,16-18,20-25,33-34H,7-10H2,1-6H3/t13-,14+,16+,17+,18?,20+,21+,22+,23+,24+,25+,28-,29+,30+/m1/s1. The molecule has 0 aromatic rings. The first-order valence-electron chi connectivity index (χ1n) is 14.1. The lowest BCUT2D eigenvalue weighted by atomic mass is 9.58. The Kier molecular flexibility index (Phi) is 4.46. The van der Waals surface area contributed by atoms with E-state index < -0.39 is 16.6 Å². The number of fused-ring (bicyclic) bond motifs is 7. The molecule has 7 rings (SSSR count). The zero-order valence-corrected chi connectivity index (χ0v) is 22.3. The first-order chi connectivity index (χ1) is 16.8. The summed E-state index contributed by atoms with van der Waals surface area (Å²) in [7, 11) is 0. The number of aliphatic hydroxyl groups is 2. The van der Waals surface area contributed by atoms with Crippen LogP contribution in [-0.4, -0.2) is 45.6 Å². The van der Waals surface area contributed by atoms with Crippen LogP contribution in [0.2, 0.25) is 0 Å². The normalized spacial score (nSPS) is 58.8. The second-order valence-corrected chi connectivity index (χ2v) is 13.9. The van der Waals surface area contributed by atoms with E-state index in [1.165, 1.54) is 11.1 Å². The molecule has 36 heavy (non-hydrogen) atoms. The largest absolute Gasteiger partial charge is 0.461 e. The van der Waals surface area contributed by atoms with Crippen LogP contribution in [0.15, 0.2) is 22.8 Å². The van der Waals surface area contributed by atoms with E-state index in [0.29, 0.717) is 12.8 Å². The highest BCUT2D eigenvalue weighted by Crippen LogP contribution is 2.78. The summed E-state index contributed by atoms with van der Waals surface area (Å²) in [5, 5.41) is 24.1. The van der Waals surface area contributed by atoms with Gasteiger partial charge in [-0.15, -0.1) is 0 Å². The monoisotopic (exact) mass is 496 g/mol. The molecule has 3 saturated carbocycles. The van der Waals surface area contributed by atoms with Crippen LogP contribution in [0, 0.1) is 58.7 Å². The van der Waals surface area contributed by atoms with Crippen molar-refractivity contribution < 1.29 is 29.3 Å². The Morgan fingerprint density at radius 3 is 2.22 bits per heavy atom. The third kappa shape index (κ3) is 2.43. The third-order valence-corrected chi connectivity index (χ3v) is 12.4. The Balaban J connectivity index is 1.47. The molecule has 6 heteroatoms. The number of ether oxygens (including phenoxy) is 2. The summed E-state index contributed by atoms with van der Waals surface area (Å²) < 4.78 is 12.4. The van der Waals surface area contributed by atoms with Gasteiger partial charge in [0.2, 0.25) is 0 Å². The number of esters is 2. The molecule has 6 nitrogen and oxygen atoms in total. The average Bonchev–Trinajstić information content (AvgIpc) is 3.49. The highest BCUT2D eigenvalue weighted by Gasteiger charge is 2.78. The van der Waals surface area contributed by atoms with Gasteiger partial charge in [-0.05, 0) is 76.7 Å². The topological polar surface area (TPSA) is 93.1 Å². The molecule has 2 saturated heterocycles. The summed E-state index contributed by atoms with van der Waals surface area (Å²) >= 11 is 0.